The lowest BCUT2D eigenvalue weighted by atomic mass is 10.2. The molecular formula is C13H22N4O. The molecule has 0 saturated heterocycles. The fraction of sp³-hybridized carbons (Fsp3) is 0.692. The Labute approximate surface area is 108 Å². The van der Waals surface area contributed by atoms with E-state index < -0.39 is 0 Å². The number of nitrogens with zero attached hydrogens (tertiary/aromatic N) is 2. The van der Waals surface area contributed by atoms with E-state index in [0.29, 0.717) is 24.0 Å². The van der Waals surface area contributed by atoms with Crippen LogP contribution in [0.4, 0.5) is 5.69 Å². The second kappa shape index (κ2) is 5.89. The molecule has 1 aromatic rings. The Hall–Kier alpha value is -1.52. The minimum atomic E-state index is -0.0923. The number of unbranched alkanes of at least 4 members (excludes halogenated alkanes) is 1. The summed E-state index contributed by atoms with van der Waals surface area (Å²) >= 11 is 0. The highest BCUT2D eigenvalue weighted by molar-refractivity contribution is 5.97. The molecule has 0 atom stereocenters. The molecule has 0 aromatic carbocycles. The highest BCUT2D eigenvalue weighted by atomic mass is 16.2. The van der Waals surface area contributed by atoms with Gasteiger partial charge in [-0.25, -0.2) is 0 Å². The van der Waals surface area contributed by atoms with Gasteiger partial charge in [0, 0.05) is 6.54 Å². The van der Waals surface area contributed by atoms with E-state index in [1.165, 1.54) is 12.8 Å². The Morgan fingerprint density at radius 3 is 2.94 bits per heavy atom. The van der Waals surface area contributed by atoms with Crippen LogP contribution in [0.25, 0.3) is 0 Å². The summed E-state index contributed by atoms with van der Waals surface area (Å²) in [5.74, 6) is -0.0923. The van der Waals surface area contributed by atoms with Gasteiger partial charge in [0.2, 0.25) is 0 Å². The predicted octanol–water partition coefficient (Wildman–Crippen LogP) is 2.11. The summed E-state index contributed by atoms with van der Waals surface area (Å²) in [6.45, 7) is 2.80. The first kappa shape index (κ1) is 12.9. The van der Waals surface area contributed by atoms with Crippen molar-refractivity contribution in [1.82, 2.24) is 15.1 Å². The van der Waals surface area contributed by atoms with Gasteiger partial charge in [0.1, 0.15) is 5.69 Å². The smallest absolute Gasteiger partial charge is 0.271 e. The molecule has 0 bridgehead atoms. The summed E-state index contributed by atoms with van der Waals surface area (Å²) in [6, 6.07) is 0.342. The number of carbonyl (C=O) groups is 1. The number of hydrogen-bond acceptors (Lipinski definition) is 3. The van der Waals surface area contributed by atoms with Crippen molar-refractivity contribution in [1.29, 1.82) is 0 Å². The van der Waals surface area contributed by atoms with Crippen LogP contribution >= 0.6 is 0 Å². The van der Waals surface area contributed by atoms with Crippen LogP contribution < -0.4 is 11.1 Å². The van der Waals surface area contributed by atoms with E-state index in [0.717, 1.165) is 25.7 Å². The summed E-state index contributed by atoms with van der Waals surface area (Å²) in [7, 11) is 0. The van der Waals surface area contributed by atoms with Crippen LogP contribution in [0.5, 0.6) is 0 Å². The average molecular weight is 250 g/mol. The van der Waals surface area contributed by atoms with Gasteiger partial charge in [0.25, 0.3) is 5.91 Å². The lowest BCUT2D eigenvalue weighted by Gasteiger charge is -2.14. The quantitative estimate of drug-likeness (QED) is 0.786. The largest absolute Gasteiger partial charge is 0.396 e. The molecule has 2 rings (SSSR count). The number of aromatic nitrogens is 2. The molecule has 5 heteroatoms. The summed E-state index contributed by atoms with van der Waals surface area (Å²) in [5, 5.41) is 7.19. The maximum Gasteiger partial charge on any atom is 0.271 e. The number of nitrogens with two attached hydrogens (primary N) is 1. The van der Waals surface area contributed by atoms with Gasteiger partial charge in [-0.05, 0) is 19.3 Å². The molecule has 1 amide bonds. The van der Waals surface area contributed by atoms with Crippen molar-refractivity contribution in [3.63, 3.8) is 0 Å². The molecule has 1 fully saturated rings. The Morgan fingerprint density at radius 2 is 2.28 bits per heavy atom. The molecule has 0 unspecified atom stereocenters. The van der Waals surface area contributed by atoms with Crippen molar-refractivity contribution in [3.8, 4) is 0 Å². The van der Waals surface area contributed by atoms with Crippen molar-refractivity contribution >= 4 is 11.6 Å². The zero-order valence-electron chi connectivity index (χ0n) is 11.0. The Kier molecular flexibility index (Phi) is 4.23. The van der Waals surface area contributed by atoms with Crippen LogP contribution in [0.1, 0.15) is 62.0 Å². The fourth-order valence-electron chi connectivity index (χ4n) is 2.50. The van der Waals surface area contributed by atoms with Crippen LogP contribution in [0.2, 0.25) is 0 Å². The third kappa shape index (κ3) is 2.66. The molecule has 1 heterocycles. The van der Waals surface area contributed by atoms with Gasteiger partial charge in [-0.3, -0.25) is 9.48 Å². The molecule has 1 aliphatic carbocycles. The number of nitrogen functional groups attached to an aromatic ring is 1. The summed E-state index contributed by atoms with van der Waals surface area (Å²) in [4.78, 5) is 12.1. The summed E-state index contributed by atoms with van der Waals surface area (Å²) in [5.41, 5.74) is 6.89. The van der Waals surface area contributed by atoms with Gasteiger partial charge in [-0.15, -0.1) is 0 Å². The van der Waals surface area contributed by atoms with Crippen LogP contribution in [0.15, 0.2) is 6.20 Å². The Balaban J connectivity index is 2.10. The topological polar surface area (TPSA) is 72.9 Å². The first-order chi connectivity index (χ1) is 8.74. The summed E-state index contributed by atoms with van der Waals surface area (Å²) < 4.78 is 1.82. The van der Waals surface area contributed by atoms with E-state index in [-0.39, 0.29) is 5.91 Å². The average Bonchev–Trinajstić information content (AvgIpc) is 2.97. The number of anilines is 1. The molecule has 100 valence electrons. The SMILES string of the molecule is CCCCNC(=O)c1c(N)cnn1C1CCCC1. The maximum absolute atomic E-state index is 12.1. The van der Waals surface area contributed by atoms with Crippen molar-refractivity contribution in [2.45, 2.75) is 51.5 Å². The van der Waals surface area contributed by atoms with E-state index >= 15 is 0 Å². The minimum Gasteiger partial charge on any atom is -0.396 e. The monoisotopic (exact) mass is 250 g/mol. The van der Waals surface area contributed by atoms with Crippen LogP contribution in [0, 0.1) is 0 Å². The van der Waals surface area contributed by atoms with Gasteiger partial charge >= 0.3 is 0 Å². The lowest BCUT2D eigenvalue weighted by Crippen LogP contribution is -2.28. The van der Waals surface area contributed by atoms with E-state index in [4.69, 9.17) is 5.73 Å². The first-order valence-electron chi connectivity index (χ1n) is 6.85. The molecular weight excluding hydrogens is 228 g/mol. The van der Waals surface area contributed by atoms with E-state index in [1.807, 2.05) is 4.68 Å². The molecule has 1 aromatic heterocycles. The van der Waals surface area contributed by atoms with Gasteiger partial charge in [0.15, 0.2) is 0 Å². The van der Waals surface area contributed by atoms with Crippen LogP contribution in [0.3, 0.4) is 0 Å². The molecule has 0 aliphatic heterocycles. The van der Waals surface area contributed by atoms with E-state index in [1.54, 1.807) is 6.20 Å². The van der Waals surface area contributed by atoms with Crippen molar-refractivity contribution in [2.75, 3.05) is 12.3 Å². The predicted molar refractivity (Wildman–Crippen MR) is 71.4 cm³/mol. The third-order valence-electron chi connectivity index (χ3n) is 3.53. The van der Waals surface area contributed by atoms with Gasteiger partial charge in [0.05, 0.1) is 17.9 Å². The zero-order chi connectivity index (χ0) is 13.0. The second-order valence-corrected chi connectivity index (χ2v) is 4.94. The normalized spacial score (nSPS) is 16.1. The van der Waals surface area contributed by atoms with Gasteiger partial charge in [-0.1, -0.05) is 26.2 Å². The first-order valence-corrected chi connectivity index (χ1v) is 6.85. The van der Waals surface area contributed by atoms with Crippen LogP contribution in [-0.4, -0.2) is 22.2 Å². The van der Waals surface area contributed by atoms with Crippen LogP contribution in [-0.2, 0) is 0 Å². The molecule has 0 radical (unpaired) electrons. The number of hydrogen-bond donors (Lipinski definition) is 2. The fourth-order valence-corrected chi connectivity index (χ4v) is 2.50. The Morgan fingerprint density at radius 1 is 1.56 bits per heavy atom. The number of nitrogens with one attached hydrogen (secondary N) is 1. The number of carbonyl (C=O) groups excluding carboxylic acids is 1. The van der Waals surface area contributed by atoms with Crippen molar-refractivity contribution in [2.24, 2.45) is 0 Å². The maximum atomic E-state index is 12.1. The lowest BCUT2D eigenvalue weighted by molar-refractivity contribution is 0.0940. The number of amides is 1. The molecule has 18 heavy (non-hydrogen) atoms. The van der Waals surface area contributed by atoms with E-state index in [9.17, 15) is 4.79 Å². The second-order valence-electron chi connectivity index (χ2n) is 4.94. The number of rotatable bonds is 5. The van der Waals surface area contributed by atoms with Crippen molar-refractivity contribution in [3.05, 3.63) is 11.9 Å². The molecule has 1 saturated carbocycles. The zero-order valence-corrected chi connectivity index (χ0v) is 11.0. The third-order valence-corrected chi connectivity index (χ3v) is 3.53. The minimum absolute atomic E-state index is 0.0923. The van der Waals surface area contributed by atoms with Crippen molar-refractivity contribution < 1.29 is 4.79 Å². The highest BCUT2D eigenvalue weighted by Gasteiger charge is 2.24. The highest BCUT2D eigenvalue weighted by Crippen LogP contribution is 2.31. The molecule has 0 spiro atoms. The van der Waals surface area contributed by atoms with E-state index in [2.05, 4.69) is 17.3 Å². The molecule has 3 N–H and O–H groups in total. The van der Waals surface area contributed by atoms with Gasteiger partial charge < -0.3 is 11.1 Å². The standard InChI is InChI=1S/C13H22N4O/c1-2-3-8-15-13(18)12-11(14)9-16-17(12)10-6-4-5-7-10/h9-10H,2-8,14H2,1H3,(H,15,18). The Bertz CT molecular complexity index is 407. The molecule has 1 aliphatic rings. The molecule has 5 nitrogen and oxygen atoms in total. The summed E-state index contributed by atoms with van der Waals surface area (Å²) in [6.07, 6.45) is 8.25. The van der Waals surface area contributed by atoms with Gasteiger partial charge in [-0.2, -0.15) is 5.10 Å².